The maximum absolute atomic E-state index is 13.4. The summed E-state index contributed by atoms with van der Waals surface area (Å²) in [6, 6.07) is 26.2. The second kappa shape index (κ2) is 12.1. The second-order valence-electron chi connectivity index (χ2n) is 12.4. The fourth-order valence-electron chi connectivity index (χ4n) is 6.65. The molecule has 1 heterocycles. The van der Waals surface area contributed by atoms with Crippen LogP contribution in [0, 0.1) is 5.92 Å². The third kappa shape index (κ3) is 6.14. The van der Waals surface area contributed by atoms with E-state index in [-0.39, 0.29) is 17.1 Å². The third-order valence-electron chi connectivity index (χ3n) is 8.88. The van der Waals surface area contributed by atoms with Gasteiger partial charge in [0.15, 0.2) is 5.11 Å². The number of benzene rings is 5. The lowest BCUT2D eigenvalue weighted by Crippen LogP contribution is -2.20. The van der Waals surface area contributed by atoms with Crippen LogP contribution < -0.4 is 15.5 Å². The molecule has 3 nitrogen and oxygen atoms in total. The van der Waals surface area contributed by atoms with Crippen molar-refractivity contribution in [3.05, 3.63) is 119 Å². The number of hydrogen-bond acceptors (Lipinski definition) is 3. The van der Waals surface area contributed by atoms with Crippen LogP contribution in [-0.4, -0.2) is 25.0 Å². The first-order valence-electron chi connectivity index (χ1n) is 15.4. The highest BCUT2D eigenvalue weighted by molar-refractivity contribution is 7.99. The number of thiocarbonyl (C=S) groups is 1. The molecule has 0 radical (unpaired) electrons. The molecule has 250 valence electrons. The van der Waals surface area contributed by atoms with Gasteiger partial charge in [0.25, 0.3) is 0 Å². The number of anilines is 3. The summed E-state index contributed by atoms with van der Waals surface area (Å²) in [7, 11) is 4.07. The molecule has 1 aliphatic carbocycles. The van der Waals surface area contributed by atoms with Gasteiger partial charge >= 0.3 is 12.4 Å². The Morgan fingerprint density at radius 1 is 0.735 bits per heavy atom. The molecule has 0 saturated heterocycles. The molecule has 0 amide bonds. The average Bonchev–Trinajstić information content (AvgIpc) is 3.37. The smallest absolute Gasteiger partial charge is 0.378 e. The maximum Gasteiger partial charge on any atom is 0.416 e. The highest BCUT2D eigenvalue weighted by Crippen LogP contribution is 2.54. The van der Waals surface area contributed by atoms with Gasteiger partial charge in [0, 0.05) is 41.8 Å². The number of hydrogen-bond donors (Lipinski definition) is 2. The topological polar surface area (TPSA) is 27.3 Å². The molecule has 0 aromatic heterocycles. The first kappa shape index (κ1) is 33.0. The molecule has 0 fully saturated rings. The van der Waals surface area contributed by atoms with E-state index in [4.69, 9.17) is 12.2 Å². The first-order chi connectivity index (χ1) is 23.2. The first-order valence-corrected chi connectivity index (χ1v) is 16.8. The highest BCUT2D eigenvalue weighted by Gasteiger charge is 2.37. The predicted octanol–water partition coefficient (Wildman–Crippen LogP) is 11.4. The van der Waals surface area contributed by atoms with Gasteiger partial charge in [0.2, 0.25) is 0 Å². The fourth-order valence-corrected chi connectivity index (χ4v) is 8.01. The van der Waals surface area contributed by atoms with E-state index < -0.39 is 29.2 Å². The number of thioether (sulfide) groups is 1. The largest absolute Gasteiger partial charge is 0.416 e. The van der Waals surface area contributed by atoms with Crippen LogP contribution >= 0.6 is 24.0 Å². The molecule has 7 rings (SSSR count). The van der Waals surface area contributed by atoms with Crippen molar-refractivity contribution in [2.75, 3.05) is 35.4 Å². The van der Waals surface area contributed by atoms with Crippen LogP contribution in [0.15, 0.2) is 95.9 Å². The van der Waals surface area contributed by atoms with E-state index in [0.29, 0.717) is 17.8 Å². The normalized spacial score (nSPS) is 17.0. The van der Waals surface area contributed by atoms with Gasteiger partial charge in [-0.2, -0.15) is 26.3 Å². The minimum Gasteiger partial charge on any atom is -0.378 e. The Labute approximate surface area is 289 Å². The molecule has 2 N–H and O–H groups in total. The Kier molecular flexibility index (Phi) is 8.18. The Morgan fingerprint density at radius 3 is 2.06 bits per heavy atom. The Morgan fingerprint density at radius 2 is 1.39 bits per heavy atom. The number of fused-ring (bicyclic) bond motifs is 6. The van der Waals surface area contributed by atoms with Gasteiger partial charge in [0.05, 0.1) is 11.1 Å². The second-order valence-corrected chi connectivity index (χ2v) is 13.9. The molecule has 49 heavy (non-hydrogen) atoms. The van der Waals surface area contributed by atoms with Crippen molar-refractivity contribution in [1.82, 2.24) is 0 Å². The molecule has 0 saturated carbocycles. The molecule has 0 spiro atoms. The van der Waals surface area contributed by atoms with Crippen molar-refractivity contribution < 1.29 is 26.3 Å². The Bertz CT molecular complexity index is 2150. The molecule has 0 bridgehead atoms. The molecule has 1 unspecified atom stereocenters. The lowest BCUT2D eigenvalue weighted by Gasteiger charge is -2.29. The van der Waals surface area contributed by atoms with Crippen molar-refractivity contribution in [3.8, 4) is 11.1 Å². The summed E-state index contributed by atoms with van der Waals surface area (Å²) in [5.41, 5.74) is 6.82. The predicted molar refractivity (Wildman–Crippen MR) is 192 cm³/mol. The van der Waals surface area contributed by atoms with Crippen molar-refractivity contribution in [3.63, 3.8) is 0 Å². The lowest BCUT2D eigenvalue weighted by atomic mass is 9.83. The zero-order valence-corrected chi connectivity index (χ0v) is 28.1. The summed E-state index contributed by atoms with van der Waals surface area (Å²) in [6.07, 6.45) is -9.93. The summed E-state index contributed by atoms with van der Waals surface area (Å²) in [4.78, 5) is 3.27. The number of nitrogens with one attached hydrogen (secondary N) is 2. The minimum absolute atomic E-state index is 0.0817. The standard InChI is InChI=1S/C38H29F6N3S2/c1-20-19-49-32-13-8-21-14-24(45-36(48)46-25-16-22(37(39,40)41)15-23(17-25)38(42,43)44)9-11-27(21)35(32)33(20)34-30-7-5-4-6-28(30)29-12-10-26(47(2)3)18-31(29)34/h4-18,20H,19H2,1-3H3,(H2,45,46,48)/b34-33-. The summed E-state index contributed by atoms with van der Waals surface area (Å²) < 4.78 is 80.3. The molecule has 1 aliphatic heterocycles. The van der Waals surface area contributed by atoms with Crippen LogP contribution in [0.4, 0.5) is 43.4 Å². The van der Waals surface area contributed by atoms with Crippen LogP contribution in [0.5, 0.6) is 0 Å². The summed E-state index contributed by atoms with van der Waals surface area (Å²) >= 11 is 7.14. The summed E-state index contributed by atoms with van der Waals surface area (Å²) in [6.45, 7) is 2.26. The van der Waals surface area contributed by atoms with E-state index in [2.05, 4.69) is 71.0 Å². The van der Waals surface area contributed by atoms with Gasteiger partial charge in [-0.05, 0) is 116 Å². The summed E-state index contributed by atoms with van der Waals surface area (Å²) in [5.74, 6) is 1.16. The summed E-state index contributed by atoms with van der Waals surface area (Å²) in [5, 5.41) is 7.23. The molecular formula is C38H29F6N3S2. The Balaban J connectivity index is 1.28. The zero-order chi connectivity index (χ0) is 34.8. The van der Waals surface area contributed by atoms with Crippen molar-refractivity contribution in [2.45, 2.75) is 24.2 Å². The number of alkyl halides is 6. The van der Waals surface area contributed by atoms with E-state index in [1.807, 2.05) is 50.1 Å². The minimum atomic E-state index is -4.97. The highest BCUT2D eigenvalue weighted by atomic mass is 32.2. The van der Waals surface area contributed by atoms with Crippen molar-refractivity contribution in [1.29, 1.82) is 0 Å². The van der Waals surface area contributed by atoms with Crippen LogP contribution in [0.2, 0.25) is 0 Å². The molecule has 11 heteroatoms. The van der Waals surface area contributed by atoms with Crippen LogP contribution in [0.3, 0.4) is 0 Å². The Hall–Kier alpha value is -4.48. The fraction of sp³-hybridized carbons (Fsp3) is 0.184. The maximum atomic E-state index is 13.4. The van der Waals surface area contributed by atoms with E-state index in [1.54, 1.807) is 0 Å². The van der Waals surface area contributed by atoms with Gasteiger partial charge < -0.3 is 15.5 Å². The number of nitrogens with zero attached hydrogens (tertiary/aromatic N) is 1. The van der Waals surface area contributed by atoms with Crippen LogP contribution in [0.1, 0.15) is 34.7 Å². The van der Waals surface area contributed by atoms with Crippen molar-refractivity contribution in [2.24, 2.45) is 5.92 Å². The monoisotopic (exact) mass is 705 g/mol. The number of rotatable bonds is 3. The van der Waals surface area contributed by atoms with Crippen LogP contribution in [-0.2, 0) is 12.4 Å². The SMILES string of the molecule is CC1CSc2ccc3cc(NC(=S)Nc4cc(C(F)(F)F)cc(C(F)(F)F)c4)ccc3c2/C1=C1/c2ccccc2-c2ccc(N(C)C)cc21. The van der Waals surface area contributed by atoms with Gasteiger partial charge in [-0.25, -0.2) is 0 Å². The van der Waals surface area contributed by atoms with Gasteiger partial charge in [0.1, 0.15) is 0 Å². The molecular weight excluding hydrogens is 677 g/mol. The van der Waals surface area contributed by atoms with E-state index in [1.165, 1.54) is 38.3 Å². The van der Waals surface area contributed by atoms with E-state index >= 15 is 0 Å². The number of allylic oxidation sites excluding steroid dienone is 1. The van der Waals surface area contributed by atoms with E-state index in [0.717, 1.165) is 27.8 Å². The average molecular weight is 706 g/mol. The van der Waals surface area contributed by atoms with E-state index in [9.17, 15) is 26.3 Å². The third-order valence-corrected chi connectivity index (χ3v) is 10.4. The van der Waals surface area contributed by atoms with Crippen LogP contribution in [0.25, 0.3) is 33.0 Å². The molecule has 5 aromatic carbocycles. The van der Waals surface area contributed by atoms with Gasteiger partial charge in [-0.3, -0.25) is 0 Å². The molecule has 1 atom stereocenters. The number of halogens is 6. The van der Waals surface area contributed by atoms with Crippen molar-refractivity contribution >= 4 is 68.1 Å². The van der Waals surface area contributed by atoms with Gasteiger partial charge in [-0.1, -0.05) is 49.4 Å². The lowest BCUT2D eigenvalue weighted by molar-refractivity contribution is -0.143. The van der Waals surface area contributed by atoms with Gasteiger partial charge in [-0.15, -0.1) is 11.8 Å². The quantitative estimate of drug-likeness (QED) is 0.141. The molecule has 5 aromatic rings. The zero-order valence-electron chi connectivity index (χ0n) is 26.5. The molecule has 2 aliphatic rings.